The van der Waals surface area contributed by atoms with Crippen LogP contribution in [-0.2, 0) is 22.7 Å². The Morgan fingerprint density at radius 1 is 0.528 bits per heavy atom. The van der Waals surface area contributed by atoms with Crippen LogP contribution < -0.4 is 10.6 Å². The maximum Gasteiger partial charge on any atom is 0.278 e. The molecule has 0 bridgehead atoms. The second kappa shape index (κ2) is 14.9. The minimum atomic E-state index is -0.721. The van der Waals surface area contributed by atoms with Crippen molar-refractivity contribution in [3.8, 4) is 0 Å². The molecule has 0 aromatic heterocycles. The van der Waals surface area contributed by atoms with E-state index in [0.717, 1.165) is 79.9 Å². The molecule has 0 spiro atoms. The summed E-state index contributed by atoms with van der Waals surface area (Å²) in [5, 5.41) is 44.0. The van der Waals surface area contributed by atoms with Crippen molar-refractivity contribution in [1.29, 1.82) is 0 Å². The zero-order chi connectivity index (χ0) is 36.4. The number of hydrogen-bond donors (Lipinski definition) is 2. The van der Waals surface area contributed by atoms with E-state index in [1.165, 1.54) is 0 Å². The molecule has 8 nitrogen and oxygen atoms in total. The fraction of sp³-hybridized carbons (Fsp3) is 0.333. The van der Waals surface area contributed by atoms with Gasteiger partial charge in [-0.2, -0.15) is 0 Å². The van der Waals surface area contributed by atoms with Crippen molar-refractivity contribution in [2.24, 2.45) is 0 Å². The number of hydrogen-bond acceptors (Lipinski definition) is 4. The van der Waals surface area contributed by atoms with Gasteiger partial charge in [-0.3, -0.25) is 9.59 Å². The molecule has 4 atom stereocenters. The van der Waals surface area contributed by atoms with Crippen LogP contribution in [0.3, 0.4) is 0 Å². The molecule has 8 heteroatoms. The van der Waals surface area contributed by atoms with E-state index in [2.05, 4.69) is 71.3 Å². The molecule has 2 unspecified atom stereocenters. The van der Waals surface area contributed by atoms with Gasteiger partial charge < -0.3 is 30.3 Å². The van der Waals surface area contributed by atoms with E-state index in [1.54, 1.807) is 0 Å². The topological polar surface area (TPSA) is 104 Å². The number of amides is 2. The highest BCUT2D eigenvalue weighted by Gasteiger charge is 2.40. The normalized spacial score (nSPS) is 23.4. The summed E-state index contributed by atoms with van der Waals surface area (Å²) < 4.78 is -1.24. The highest BCUT2D eigenvalue weighted by molar-refractivity contribution is 6.03. The molecule has 2 N–H and O–H groups in total. The van der Waals surface area contributed by atoms with Crippen molar-refractivity contribution in [3.05, 3.63) is 131 Å². The Morgan fingerprint density at radius 2 is 0.868 bits per heavy atom. The molecule has 2 aliphatic rings. The predicted molar refractivity (Wildman–Crippen MR) is 213 cm³/mol. The number of nitrogens with one attached hydrogen (secondary N) is 2. The first kappa shape index (κ1) is 35.2. The number of hydroxylamine groups is 6. The highest BCUT2D eigenvalue weighted by Crippen LogP contribution is 2.32. The maximum absolute atomic E-state index is 14.5. The maximum atomic E-state index is 14.5. The number of quaternary nitrogens is 2. The van der Waals surface area contributed by atoms with Crippen LogP contribution in [0.15, 0.2) is 109 Å². The van der Waals surface area contributed by atoms with E-state index >= 15 is 0 Å². The summed E-state index contributed by atoms with van der Waals surface area (Å²) in [4.78, 5) is 27.7. The van der Waals surface area contributed by atoms with Gasteiger partial charge in [-0.25, -0.2) is 0 Å². The van der Waals surface area contributed by atoms with Crippen molar-refractivity contribution in [1.82, 2.24) is 10.6 Å². The molecular formula is C45H48N4O4. The third kappa shape index (κ3) is 7.00. The summed E-state index contributed by atoms with van der Waals surface area (Å²) in [7, 11) is 0. The van der Waals surface area contributed by atoms with Gasteiger partial charge in [-0.15, -0.1) is 0 Å². The highest BCUT2D eigenvalue weighted by atomic mass is 16.6. The van der Waals surface area contributed by atoms with Gasteiger partial charge in [0, 0.05) is 32.4 Å². The molecule has 2 amide bonds. The minimum absolute atomic E-state index is 0.188. The van der Waals surface area contributed by atoms with E-state index in [0.29, 0.717) is 45.4 Å². The molecule has 6 aromatic rings. The second-order valence-electron chi connectivity index (χ2n) is 15.2. The van der Waals surface area contributed by atoms with E-state index in [4.69, 9.17) is 0 Å². The van der Waals surface area contributed by atoms with Crippen molar-refractivity contribution in [2.45, 2.75) is 70.1 Å². The van der Waals surface area contributed by atoms with Gasteiger partial charge in [0.05, 0.1) is 26.2 Å². The number of carbonyl (C=O) groups excluding carboxylic acids is 2. The Labute approximate surface area is 310 Å². The number of nitrogens with zero attached hydrogens (tertiary/aromatic N) is 2. The molecule has 272 valence electrons. The summed E-state index contributed by atoms with van der Waals surface area (Å²) in [6.45, 7) is 1.77. The fourth-order valence-corrected chi connectivity index (χ4v) is 9.23. The smallest absolute Gasteiger partial charge is 0.278 e. The Balaban J connectivity index is 0.937. The number of likely N-dealkylation sites (tertiary alicyclic amines) is 2. The Bertz CT molecular complexity index is 2040. The molecule has 6 aromatic carbocycles. The minimum Gasteiger partial charge on any atom is -0.632 e. The van der Waals surface area contributed by atoms with E-state index in [9.17, 15) is 20.0 Å². The van der Waals surface area contributed by atoms with Crippen LogP contribution in [0.25, 0.3) is 43.1 Å². The second-order valence-corrected chi connectivity index (χ2v) is 15.2. The summed E-state index contributed by atoms with van der Waals surface area (Å²) in [5.41, 5.74) is 2.10. The first-order valence-electron chi connectivity index (χ1n) is 19.3. The lowest BCUT2D eigenvalue weighted by molar-refractivity contribution is -0.919. The number of benzene rings is 6. The van der Waals surface area contributed by atoms with Crippen molar-refractivity contribution < 1.29 is 18.9 Å². The van der Waals surface area contributed by atoms with Gasteiger partial charge in [0.25, 0.3) is 11.8 Å². The molecule has 0 radical (unpaired) electrons. The number of piperidine rings is 2. The molecule has 8 rings (SSSR count). The summed E-state index contributed by atoms with van der Waals surface area (Å²) in [5.74, 6) is -0.446. The summed E-state index contributed by atoms with van der Waals surface area (Å²) in [6.07, 6.45) is 4.58. The van der Waals surface area contributed by atoms with Gasteiger partial charge in [-0.1, -0.05) is 97.1 Å². The summed E-state index contributed by atoms with van der Waals surface area (Å²) in [6, 6.07) is 35.7. The molecule has 2 saturated heterocycles. The quantitative estimate of drug-likeness (QED) is 0.0848. The van der Waals surface area contributed by atoms with E-state index in [1.807, 2.05) is 48.5 Å². The van der Waals surface area contributed by atoms with Crippen molar-refractivity contribution >= 4 is 54.9 Å². The van der Waals surface area contributed by atoms with Crippen molar-refractivity contribution in [2.75, 3.05) is 26.2 Å². The molecule has 53 heavy (non-hydrogen) atoms. The van der Waals surface area contributed by atoms with Gasteiger partial charge in [0.15, 0.2) is 12.1 Å². The zero-order valence-corrected chi connectivity index (χ0v) is 30.3. The SMILES string of the molecule is O=C(NCc1c2ccccc2cc2ccccc12)[C@@H]1CCCC[N+]1([O-])CCC[N+]1([O-])CCCC[C@H]1C(=O)NCc1c2ccccc2cc2ccccc12. The predicted octanol–water partition coefficient (Wildman–Crippen LogP) is 8.36. The van der Waals surface area contributed by atoms with Crippen LogP contribution in [0.2, 0.25) is 0 Å². The largest absolute Gasteiger partial charge is 0.632 e. The molecule has 2 aliphatic heterocycles. The lowest BCUT2D eigenvalue weighted by atomic mass is 9.96. The average Bonchev–Trinajstić information content (AvgIpc) is 3.18. The first-order chi connectivity index (χ1) is 25.8. The first-order valence-corrected chi connectivity index (χ1v) is 19.3. The molecule has 2 fully saturated rings. The van der Waals surface area contributed by atoms with E-state index < -0.39 is 21.4 Å². The number of rotatable bonds is 10. The Hall–Kier alpha value is -4.86. The molecular weight excluding hydrogens is 661 g/mol. The van der Waals surface area contributed by atoms with Gasteiger partial charge in [-0.05, 0) is 92.0 Å². The van der Waals surface area contributed by atoms with Crippen LogP contribution in [-0.4, -0.2) is 59.4 Å². The molecule has 2 heterocycles. The van der Waals surface area contributed by atoms with Crippen LogP contribution in [0.5, 0.6) is 0 Å². The Kier molecular flexibility index (Phi) is 9.87. The van der Waals surface area contributed by atoms with Gasteiger partial charge in [0.2, 0.25) is 0 Å². The third-order valence-corrected chi connectivity index (χ3v) is 12.0. The van der Waals surface area contributed by atoms with Gasteiger partial charge in [0.1, 0.15) is 0 Å². The summed E-state index contributed by atoms with van der Waals surface area (Å²) >= 11 is 0. The van der Waals surface area contributed by atoms with Crippen LogP contribution >= 0.6 is 0 Å². The van der Waals surface area contributed by atoms with Crippen LogP contribution in [0, 0.1) is 10.4 Å². The van der Waals surface area contributed by atoms with Crippen molar-refractivity contribution in [3.63, 3.8) is 0 Å². The van der Waals surface area contributed by atoms with Crippen LogP contribution in [0.1, 0.15) is 56.1 Å². The molecule has 0 saturated carbocycles. The van der Waals surface area contributed by atoms with Crippen LogP contribution in [0.4, 0.5) is 0 Å². The fourth-order valence-electron chi connectivity index (χ4n) is 9.23. The average molecular weight is 709 g/mol. The monoisotopic (exact) mass is 708 g/mol. The Morgan fingerprint density at radius 3 is 1.23 bits per heavy atom. The zero-order valence-electron chi connectivity index (χ0n) is 30.3. The third-order valence-electron chi connectivity index (χ3n) is 12.0. The standard InChI is InChI=1S/C45H48N4O4/c50-44(46-30-40-36-18-5-1-14-32(36)28-33-15-2-6-19-37(33)40)42-22-9-11-24-48(42,52)26-13-27-49(53)25-12-10-23-43(49)45(51)47-31-41-38-20-7-3-16-34(38)29-35-17-4-8-21-39(35)41/h1-8,14-21,28-29,42-43H,9-13,22-27,30-31H2,(H,46,50)(H,47,51)/t42-,43-,48?,49?/m0/s1. The lowest BCUT2D eigenvalue weighted by Crippen LogP contribution is -2.62. The molecule has 0 aliphatic carbocycles. The van der Waals surface area contributed by atoms with Gasteiger partial charge >= 0.3 is 0 Å². The van der Waals surface area contributed by atoms with E-state index in [-0.39, 0.29) is 24.9 Å². The number of fused-ring (bicyclic) bond motifs is 4. The lowest BCUT2D eigenvalue weighted by Gasteiger charge is -2.53. The number of carbonyl (C=O) groups is 2.